The molecule has 0 amide bonds. The summed E-state index contributed by atoms with van der Waals surface area (Å²) in [5, 5.41) is 0. The molecule has 3 nitrogen and oxygen atoms in total. The van der Waals surface area contributed by atoms with Crippen molar-refractivity contribution in [1.29, 1.82) is 0 Å². The molecule has 0 saturated heterocycles. The van der Waals surface area contributed by atoms with Crippen LogP contribution in [-0.2, 0) is 6.42 Å². The number of hydrogen-bond donors (Lipinski definition) is 2. The maximum atomic E-state index is 6.09. The number of hydrogen-bond acceptors (Lipinski definition) is 2. The molecule has 0 atom stereocenters. The second kappa shape index (κ2) is 3.46. The van der Waals surface area contributed by atoms with Crippen LogP contribution < -0.4 is 5.73 Å². The third-order valence-electron chi connectivity index (χ3n) is 3.17. The van der Waals surface area contributed by atoms with Crippen molar-refractivity contribution in [2.75, 3.05) is 0 Å². The Morgan fingerprint density at radius 2 is 2.00 bits per heavy atom. The summed E-state index contributed by atoms with van der Waals surface area (Å²) in [7, 11) is 0. The Hall–Kier alpha value is -1.61. The molecule has 2 aromatic rings. The summed E-state index contributed by atoms with van der Waals surface area (Å²) in [6.07, 6.45) is 6.91. The number of H-pyrrole nitrogens is 1. The number of aromatic amines is 1. The molecule has 1 saturated carbocycles. The van der Waals surface area contributed by atoms with E-state index in [1.54, 1.807) is 6.20 Å². The monoisotopic (exact) mass is 213 g/mol. The zero-order valence-electron chi connectivity index (χ0n) is 9.11. The van der Waals surface area contributed by atoms with Gasteiger partial charge in [0.15, 0.2) is 0 Å². The molecule has 1 aliphatic rings. The molecule has 0 radical (unpaired) electrons. The van der Waals surface area contributed by atoms with Gasteiger partial charge >= 0.3 is 0 Å². The topological polar surface area (TPSA) is 54.7 Å². The fourth-order valence-corrected chi connectivity index (χ4v) is 1.95. The summed E-state index contributed by atoms with van der Waals surface area (Å²) >= 11 is 0. The number of nitrogens with zero attached hydrogens (tertiary/aromatic N) is 1. The molecule has 3 rings (SSSR count). The Kier molecular flexibility index (Phi) is 2.07. The predicted molar refractivity (Wildman–Crippen MR) is 63.9 cm³/mol. The highest BCUT2D eigenvalue weighted by Gasteiger charge is 2.37. The van der Waals surface area contributed by atoms with E-state index in [1.165, 1.54) is 5.56 Å². The van der Waals surface area contributed by atoms with Crippen LogP contribution >= 0.6 is 0 Å². The van der Waals surface area contributed by atoms with Crippen molar-refractivity contribution >= 4 is 0 Å². The van der Waals surface area contributed by atoms with Crippen molar-refractivity contribution < 1.29 is 0 Å². The van der Waals surface area contributed by atoms with Crippen LogP contribution in [0.4, 0.5) is 0 Å². The SMILES string of the molecule is NC1(Cc2ccc(-c3ncc[nH]3)cc2)CC1. The van der Waals surface area contributed by atoms with Gasteiger partial charge in [-0.05, 0) is 24.8 Å². The summed E-state index contributed by atoms with van der Waals surface area (Å²) in [6, 6.07) is 8.48. The third kappa shape index (κ3) is 1.86. The highest BCUT2D eigenvalue weighted by atomic mass is 14.9. The molecule has 0 unspecified atom stereocenters. The minimum atomic E-state index is 0.0895. The van der Waals surface area contributed by atoms with Crippen molar-refractivity contribution in [2.45, 2.75) is 24.8 Å². The van der Waals surface area contributed by atoms with Gasteiger partial charge in [0.25, 0.3) is 0 Å². The average molecular weight is 213 g/mol. The van der Waals surface area contributed by atoms with Gasteiger partial charge in [-0.25, -0.2) is 4.98 Å². The highest BCUT2D eigenvalue weighted by molar-refractivity contribution is 5.55. The molecule has 1 aromatic carbocycles. The van der Waals surface area contributed by atoms with Gasteiger partial charge in [0, 0.05) is 23.5 Å². The highest BCUT2D eigenvalue weighted by Crippen LogP contribution is 2.35. The lowest BCUT2D eigenvalue weighted by atomic mass is 10.0. The first-order chi connectivity index (χ1) is 7.75. The van der Waals surface area contributed by atoms with Crippen LogP contribution in [0.1, 0.15) is 18.4 Å². The molecule has 3 heteroatoms. The zero-order valence-corrected chi connectivity index (χ0v) is 9.11. The number of benzene rings is 1. The van der Waals surface area contributed by atoms with Crippen LogP contribution in [-0.4, -0.2) is 15.5 Å². The van der Waals surface area contributed by atoms with Crippen molar-refractivity contribution in [1.82, 2.24) is 9.97 Å². The molecule has 1 aliphatic carbocycles. The normalized spacial score (nSPS) is 17.3. The van der Waals surface area contributed by atoms with Gasteiger partial charge in [-0.1, -0.05) is 24.3 Å². The lowest BCUT2D eigenvalue weighted by Gasteiger charge is -2.08. The van der Waals surface area contributed by atoms with Gasteiger partial charge in [-0.2, -0.15) is 0 Å². The van der Waals surface area contributed by atoms with Crippen LogP contribution in [0, 0.1) is 0 Å². The van der Waals surface area contributed by atoms with E-state index in [2.05, 4.69) is 34.2 Å². The number of rotatable bonds is 3. The van der Waals surface area contributed by atoms with Crippen LogP contribution in [0.3, 0.4) is 0 Å². The number of aromatic nitrogens is 2. The lowest BCUT2D eigenvalue weighted by Crippen LogP contribution is -2.24. The van der Waals surface area contributed by atoms with Gasteiger partial charge in [0.1, 0.15) is 5.82 Å². The van der Waals surface area contributed by atoms with E-state index in [9.17, 15) is 0 Å². The summed E-state index contributed by atoms with van der Waals surface area (Å²) in [5.74, 6) is 0.917. The first-order valence-corrected chi connectivity index (χ1v) is 5.63. The van der Waals surface area contributed by atoms with Crippen LogP contribution in [0.5, 0.6) is 0 Å². The molecule has 0 aliphatic heterocycles. The molecule has 1 aromatic heterocycles. The van der Waals surface area contributed by atoms with E-state index in [0.717, 1.165) is 30.7 Å². The molecule has 0 spiro atoms. The largest absolute Gasteiger partial charge is 0.345 e. The third-order valence-corrected chi connectivity index (χ3v) is 3.17. The van der Waals surface area contributed by atoms with Crippen LogP contribution in [0.25, 0.3) is 11.4 Å². The van der Waals surface area contributed by atoms with Crippen LogP contribution in [0.15, 0.2) is 36.7 Å². The predicted octanol–water partition coefficient (Wildman–Crippen LogP) is 2.11. The van der Waals surface area contributed by atoms with Gasteiger partial charge in [0.2, 0.25) is 0 Å². The zero-order chi connectivity index (χ0) is 11.0. The summed E-state index contributed by atoms with van der Waals surface area (Å²) in [6.45, 7) is 0. The van der Waals surface area contributed by atoms with E-state index >= 15 is 0 Å². The fraction of sp³-hybridized carbons (Fsp3) is 0.308. The van der Waals surface area contributed by atoms with Crippen molar-refractivity contribution in [2.24, 2.45) is 5.73 Å². The fourth-order valence-electron chi connectivity index (χ4n) is 1.95. The summed E-state index contributed by atoms with van der Waals surface area (Å²) in [5.41, 5.74) is 8.62. The summed E-state index contributed by atoms with van der Waals surface area (Å²) in [4.78, 5) is 7.32. The molecular weight excluding hydrogens is 198 g/mol. The molecular formula is C13H15N3. The van der Waals surface area contributed by atoms with Crippen molar-refractivity contribution in [3.05, 3.63) is 42.2 Å². The van der Waals surface area contributed by atoms with Gasteiger partial charge in [-0.3, -0.25) is 0 Å². The maximum absolute atomic E-state index is 6.09. The van der Waals surface area contributed by atoms with E-state index in [0.29, 0.717) is 0 Å². The Morgan fingerprint density at radius 1 is 1.25 bits per heavy atom. The molecule has 0 bridgehead atoms. The number of imidazole rings is 1. The molecule has 1 heterocycles. The van der Waals surface area contributed by atoms with E-state index in [4.69, 9.17) is 5.73 Å². The molecule has 82 valence electrons. The minimum absolute atomic E-state index is 0.0895. The maximum Gasteiger partial charge on any atom is 0.137 e. The Bertz CT molecular complexity index is 466. The van der Waals surface area contributed by atoms with Gasteiger partial charge in [0.05, 0.1) is 0 Å². The first-order valence-electron chi connectivity index (χ1n) is 5.63. The number of nitrogens with two attached hydrogens (primary N) is 1. The Morgan fingerprint density at radius 3 is 2.56 bits per heavy atom. The molecule has 3 N–H and O–H groups in total. The van der Waals surface area contributed by atoms with Gasteiger partial charge < -0.3 is 10.7 Å². The molecule has 1 fully saturated rings. The van der Waals surface area contributed by atoms with E-state index in [-0.39, 0.29) is 5.54 Å². The van der Waals surface area contributed by atoms with Crippen molar-refractivity contribution in [3.63, 3.8) is 0 Å². The molecule has 16 heavy (non-hydrogen) atoms. The Labute approximate surface area is 94.7 Å². The van der Waals surface area contributed by atoms with Crippen molar-refractivity contribution in [3.8, 4) is 11.4 Å². The minimum Gasteiger partial charge on any atom is -0.345 e. The second-order valence-corrected chi connectivity index (χ2v) is 4.67. The quantitative estimate of drug-likeness (QED) is 0.820. The first kappa shape index (κ1) is 9.60. The standard InChI is InChI=1S/C13H15N3/c14-13(5-6-13)9-10-1-3-11(4-2-10)12-15-7-8-16-12/h1-4,7-8H,5-6,9,14H2,(H,15,16). The van der Waals surface area contributed by atoms with E-state index in [1.807, 2.05) is 6.20 Å². The smallest absolute Gasteiger partial charge is 0.137 e. The average Bonchev–Trinajstić information content (AvgIpc) is 2.83. The van der Waals surface area contributed by atoms with Crippen LogP contribution in [0.2, 0.25) is 0 Å². The Balaban J connectivity index is 1.80. The summed E-state index contributed by atoms with van der Waals surface area (Å²) < 4.78 is 0. The van der Waals surface area contributed by atoms with E-state index < -0.39 is 0 Å². The van der Waals surface area contributed by atoms with Gasteiger partial charge in [-0.15, -0.1) is 0 Å². The lowest BCUT2D eigenvalue weighted by molar-refractivity contribution is 0.672. The number of nitrogens with one attached hydrogen (secondary N) is 1. The second-order valence-electron chi connectivity index (χ2n) is 4.67.